The minimum atomic E-state index is -0.378. The first-order valence-electron chi connectivity index (χ1n) is 11.9. The summed E-state index contributed by atoms with van der Waals surface area (Å²) in [4.78, 5) is 28.2. The molecule has 0 spiro atoms. The maximum atomic E-state index is 13.4. The predicted molar refractivity (Wildman–Crippen MR) is 139 cm³/mol. The molecule has 190 valence electrons. The van der Waals surface area contributed by atoms with Crippen LogP contribution in [-0.4, -0.2) is 51.4 Å². The molecule has 0 heterocycles. The Hall–Kier alpha value is -3.42. The van der Waals surface area contributed by atoms with Crippen molar-refractivity contribution >= 4 is 11.7 Å². The molecule has 2 aromatic rings. The van der Waals surface area contributed by atoms with E-state index in [1.54, 1.807) is 40.5 Å². The molecule has 0 bridgehead atoms. The average Bonchev–Trinajstić information content (AvgIpc) is 3.05. The summed E-state index contributed by atoms with van der Waals surface area (Å²) in [6, 6.07) is 6.76. The van der Waals surface area contributed by atoms with Gasteiger partial charge in [-0.25, -0.2) is 4.79 Å². The molecule has 8 nitrogen and oxygen atoms in total. The molecule has 0 aliphatic heterocycles. The highest BCUT2D eigenvalue weighted by Crippen LogP contribution is 2.50. The van der Waals surface area contributed by atoms with Crippen LogP contribution in [0, 0.1) is 0 Å². The molecule has 0 aromatic heterocycles. The summed E-state index contributed by atoms with van der Waals surface area (Å²) >= 11 is 0. The van der Waals surface area contributed by atoms with E-state index in [2.05, 4.69) is 10.6 Å². The third kappa shape index (κ3) is 5.01. The molecular weight excluding hydrogens is 446 g/mol. The van der Waals surface area contributed by atoms with E-state index in [4.69, 9.17) is 14.2 Å². The number of carbonyl (C=O) groups is 1. The Kier molecular flexibility index (Phi) is 8.14. The maximum absolute atomic E-state index is 13.4. The van der Waals surface area contributed by atoms with E-state index in [1.807, 2.05) is 44.7 Å². The van der Waals surface area contributed by atoms with Gasteiger partial charge in [0, 0.05) is 24.7 Å². The molecule has 2 amide bonds. The van der Waals surface area contributed by atoms with Crippen LogP contribution < -0.4 is 30.3 Å². The summed E-state index contributed by atoms with van der Waals surface area (Å²) in [6.45, 7) is 7.98. The second kappa shape index (κ2) is 10.9. The molecular formula is C27H37N3O5. The fourth-order valence-corrected chi connectivity index (χ4v) is 4.96. The van der Waals surface area contributed by atoms with Crippen LogP contribution in [0.5, 0.6) is 17.2 Å². The lowest BCUT2D eigenvalue weighted by atomic mass is 9.95. The van der Waals surface area contributed by atoms with Crippen LogP contribution in [0.4, 0.5) is 10.5 Å². The van der Waals surface area contributed by atoms with Crippen molar-refractivity contribution < 1.29 is 19.0 Å². The summed E-state index contributed by atoms with van der Waals surface area (Å²) in [5.74, 6) is 1.58. The van der Waals surface area contributed by atoms with Gasteiger partial charge in [0.2, 0.25) is 11.2 Å². The van der Waals surface area contributed by atoms with Gasteiger partial charge in [-0.2, -0.15) is 0 Å². The summed E-state index contributed by atoms with van der Waals surface area (Å²) in [5, 5.41) is 6.18. The molecule has 1 atom stereocenters. The van der Waals surface area contributed by atoms with Gasteiger partial charge in [0.15, 0.2) is 11.5 Å². The van der Waals surface area contributed by atoms with E-state index in [0.29, 0.717) is 35.8 Å². The van der Waals surface area contributed by atoms with Gasteiger partial charge in [0.25, 0.3) is 0 Å². The molecule has 1 aliphatic carbocycles. The molecule has 8 heteroatoms. The fraction of sp³-hybridized carbons (Fsp3) is 0.481. The Morgan fingerprint density at radius 3 is 2.20 bits per heavy atom. The lowest BCUT2D eigenvalue weighted by molar-refractivity contribution is 0.161. The number of hydrogen-bond donors (Lipinski definition) is 2. The summed E-state index contributed by atoms with van der Waals surface area (Å²) in [6.07, 6.45) is 1.25. The molecule has 0 saturated carbocycles. The number of fused-ring (bicyclic) bond motifs is 3. The van der Waals surface area contributed by atoms with Crippen LogP contribution >= 0.6 is 0 Å². The second-order valence-electron chi connectivity index (χ2n) is 9.19. The Labute approximate surface area is 207 Å². The number of nitrogens with one attached hydrogen (secondary N) is 2. The molecule has 0 radical (unpaired) electrons. The maximum Gasteiger partial charge on any atom is 0.318 e. The van der Waals surface area contributed by atoms with Crippen molar-refractivity contribution in [1.82, 2.24) is 10.2 Å². The molecule has 0 saturated heterocycles. The number of hydrogen-bond acceptors (Lipinski definition) is 6. The predicted octanol–water partition coefficient (Wildman–Crippen LogP) is 4.60. The molecule has 1 aliphatic rings. The number of nitrogens with zero attached hydrogens (tertiary/aromatic N) is 1. The smallest absolute Gasteiger partial charge is 0.318 e. The van der Waals surface area contributed by atoms with E-state index < -0.39 is 0 Å². The average molecular weight is 484 g/mol. The topological polar surface area (TPSA) is 89.1 Å². The SMILES string of the molecule is CNc1ccc2c(cc1=O)[C@@H](NC(=O)N(C(C)C)C(C)C)CCc1cc(OC)c(OC)c(OC)c1-2. The zero-order valence-corrected chi connectivity index (χ0v) is 21.9. The van der Waals surface area contributed by atoms with E-state index in [9.17, 15) is 9.59 Å². The van der Waals surface area contributed by atoms with Crippen LogP contribution in [0.2, 0.25) is 0 Å². The zero-order valence-electron chi connectivity index (χ0n) is 21.9. The number of anilines is 1. The number of carbonyl (C=O) groups excluding carboxylic acids is 1. The first-order chi connectivity index (χ1) is 16.7. The number of methoxy groups -OCH3 is 3. The monoisotopic (exact) mass is 483 g/mol. The third-order valence-electron chi connectivity index (χ3n) is 6.45. The van der Waals surface area contributed by atoms with Gasteiger partial charge in [-0.15, -0.1) is 0 Å². The number of ether oxygens (including phenoxy) is 3. The van der Waals surface area contributed by atoms with Crippen LogP contribution in [0.3, 0.4) is 0 Å². The Morgan fingerprint density at radius 2 is 1.66 bits per heavy atom. The number of urea groups is 1. The largest absolute Gasteiger partial charge is 0.493 e. The normalized spacial score (nSPS) is 14.5. The van der Waals surface area contributed by atoms with Crippen molar-refractivity contribution in [2.24, 2.45) is 0 Å². The van der Waals surface area contributed by atoms with E-state index in [1.165, 1.54) is 0 Å². The van der Waals surface area contributed by atoms with Crippen molar-refractivity contribution in [2.45, 2.75) is 58.7 Å². The Balaban J connectivity index is 2.28. The standard InChI is InChI=1S/C27H37N3O5/c1-15(2)30(16(3)4)27(32)29-20-11-9-17-13-23(33-6)25(34-7)26(35-8)24(17)18-10-12-21(28-5)22(31)14-19(18)20/h10,12-16,20H,9,11H2,1-8H3,(H,28,31)(H,29,32)/t20-/m0/s1. The van der Waals surface area contributed by atoms with Crippen molar-refractivity contribution in [3.05, 3.63) is 45.6 Å². The number of amides is 2. The van der Waals surface area contributed by atoms with Gasteiger partial charge < -0.3 is 29.7 Å². The van der Waals surface area contributed by atoms with Crippen LogP contribution in [0.15, 0.2) is 29.1 Å². The van der Waals surface area contributed by atoms with Gasteiger partial charge >= 0.3 is 6.03 Å². The highest BCUT2D eigenvalue weighted by Gasteiger charge is 2.31. The lowest BCUT2D eigenvalue weighted by Crippen LogP contribution is -2.48. The van der Waals surface area contributed by atoms with Gasteiger partial charge in [0.05, 0.1) is 33.1 Å². The number of rotatable bonds is 7. The first kappa shape index (κ1) is 26.2. The molecule has 35 heavy (non-hydrogen) atoms. The fourth-order valence-electron chi connectivity index (χ4n) is 4.96. The van der Waals surface area contributed by atoms with Crippen LogP contribution in [0.1, 0.15) is 51.3 Å². The highest BCUT2D eigenvalue weighted by atomic mass is 16.5. The Bertz CT molecular complexity index is 1140. The van der Waals surface area contributed by atoms with E-state index in [0.717, 1.165) is 22.3 Å². The quantitative estimate of drug-likeness (QED) is 0.599. The highest BCUT2D eigenvalue weighted by molar-refractivity contribution is 5.84. The van der Waals surface area contributed by atoms with Gasteiger partial charge in [-0.05, 0) is 75.4 Å². The van der Waals surface area contributed by atoms with Crippen molar-refractivity contribution in [3.8, 4) is 28.4 Å². The minimum Gasteiger partial charge on any atom is -0.493 e. The molecule has 0 fully saturated rings. The van der Waals surface area contributed by atoms with Crippen molar-refractivity contribution in [1.29, 1.82) is 0 Å². The third-order valence-corrected chi connectivity index (χ3v) is 6.45. The van der Waals surface area contributed by atoms with E-state index in [-0.39, 0.29) is 29.6 Å². The number of benzene rings is 1. The van der Waals surface area contributed by atoms with Gasteiger partial charge in [-0.3, -0.25) is 4.79 Å². The Morgan fingerprint density at radius 1 is 1.00 bits per heavy atom. The molecule has 3 rings (SSSR count). The van der Waals surface area contributed by atoms with E-state index >= 15 is 0 Å². The van der Waals surface area contributed by atoms with Gasteiger partial charge in [0.1, 0.15) is 0 Å². The minimum absolute atomic E-state index is 0.0314. The lowest BCUT2D eigenvalue weighted by Gasteiger charge is -2.32. The molecule has 2 aromatic carbocycles. The summed E-state index contributed by atoms with van der Waals surface area (Å²) in [5.41, 5.74) is 3.68. The molecule has 2 N–H and O–H groups in total. The van der Waals surface area contributed by atoms with Crippen molar-refractivity contribution in [2.75, 3.05) is 33.7 Å². The van der Waals surface area contributed by atoms with Crippen LogP contribution in [-0.2, 0) is 6.42 Å². The first-order valence-corrected chi connectivity index (χ1v) is 11.9. The van der Waals surface area contributed by atoms with Crippen LogP contribution in [0.25, 0.3) is 11.1 Å². The van der Waals surface area contributed by atoms with Crippen molar-refractivity contribution in [3.63, 3.8) is 0 Å². The van der Waals surface area contributed by atoms with Gasteiger partial charge in [-0.1, -0.05) is 6.07 Å². The zero-order chi connectivity index (χ0) is 25.9. The number of aryl methyl sites for hydroxylation is 1. The molecule has 0 unspecified atom stereocenters. The summed E-state index contributed by atoms with van der Waals surface area (Å²) in [7, 11) is 6.46. The summed E-state index contributed by atoms with van der Waals surface area (Å²) < 4.78 is 17.1. The second-order valence-corrected chi connectivity index (χ2v) is 9.19.